The molecule has 2 aromatic carbocycles. The number of esters is 1. The first-order valence-corrected chi connectivity index (χ1v) is 9.15. The molecular weight excluding hydrogens is 376 g/mol. The molecule has 8 nitrogen and oxygen atoms in total. The second-order valence-electron chi connectivity index (χ2n) is 6.73. The number of benzene rings is 2. The van der Waals surface area contributed by atoms with E-state index in [4.69, 9.17) is 9.47 Å². The lowest BCUT2D eigenvalue weighted by Crippen LogP contribution is -2.40. The van der Waals surface area contributed by atoms with E-state index in [0.717, 1.165) is 5.56 Å². The molecule has 0 saturated heterocycles. The number of fused-ring (bicyclic) bond motifs is 2. The Kier molecular flexibility index (Phi) is 4.99. The van der Waals surface area contributed by atoms with E-state index in [1.54, 1.807) is 42.5 Å². The van der Waals surface area contributed by atoms with Crippen molar-refractivity contribution < 1.29 is 28.7 Å². The number of rotatable bonds is 6. The highest BCUT2D eigenvalue weighted by Crippen LogP contribution is 2.31. The molecule has 0 saturated carbocycles. The van der Waals surface area contributed by atoms with Gasteiger partial charge in [0.1, 0.15) is 5.75 Å². The van der Waals surface area contributed by atoms with E-state index in [9.17, 15) is 19.2 Å². The smallest absolute Gasteiger partial charge is 0.308 e. The van der Waals surface area contributed by atoms with Crippen molar-refractivity contribution in [1.82, 2.24) is 0 Å². The molecule has 2 aromatic rings. The normalized spacial score (nSPS) is 14.6. The molecule has 0 fully saturated rings. The van der Waals surface area contributed by atoms with Crippen LogP contribution in [0.3, 0.4) is 0 Å². The maximum atomic E-state index is 12.3. The summed E-state index contributed by atoms with van der Waals surface area (Å²) in [5.41, 5.74) is 2.43. The van der Waals surface area contributed by atoms with Crippen molar-refractivity contribution in [2.45, 2.75) is 12.8 Å². The zero-order valence-electron chi connectivity index (χ0n) is 15.5. The second-order valence-corrected chi connectivity index (χ2v) is 6.73. The van der Waals surface area contributed by atoms with Crippen LogP contribution in [0.15, 0.2) is 42.5 Å². The fraction of sp³-hybridized carbons (Fsp3) is 0.238. The van der Waals surface area contributed by atoms with E-state index in [2.05, 4.69) is 5.32 Å². The number of nitrogens with one attached hydrogen (secondary N) is 1. The highest BCUT2D eigenvalue weighted by molar-refractivity contribution is 6.03. The van der Waals surface area contributed by atoms with Crippen LogP contribution in [-0.2, 0) is 25.5 Å². The number of ketones is 1. The van der Waals surface area contributed by atoms with Crippen LogP contribution in [0.2, 0.25) is 0 Å². The fourth-order valence-electron chi connectivity index (χ4n) is 3.31. The minimum Gasteiger partial charge on any atom is -0.482 e. The van der Waals surface area contributed by atoms with Crippen molar-refractivity contribution in [3.63, 3.8) is 0 Å². The second kappa shape index (κ2) is 7.75. The first-order chi connectivity index (χ1) is 14.0. The molecule has 2 amide bonds. The number of ether oxygens (including phenoxy) is 2. The minimum absolute atomic E-state index is 0.0457. The Morgan fingerprint density at radius 1 is 1.14 bits per heavy atom. The molecule has 1 N–H and O–H groups in total. The van der Waals surface area contributed by atoms with Crippen molar-refractivity contribution >= 4 is 34.9 Å². The molecule has 8 heteroatoms. The summed E-state index contributed by atoms with van der Waals surface area (Å²) >= 11 is 0. The van der Waals surface area contributed by atoms with Gasteiger partial charge in [0.25, 0.3) is 5.91 Å². The standard InChI is InChI=1S/C21H18N2O6/c24-17(13-5-6-15-14(9-13)10-19(25)22-15)11-29-21(27)7-8-23-16-3-1-2-4-18(16)28-12-20(23)26/h1-6,9H,7-8,10-12H2,(H,22,25). The van der Waals surface area contributed by atoms with Crippen LogP contribution in [-0.4, -0.2) is 43.3 Å². The summed E-state index contributed by atoms with van der Waals surface area (Å²) in [6.45, 7) is -0.342. The largest absolute Gasteiger partial charge is 0.482 e. The lowest BCUT2D eigenvalue weighted by Gasteiger charge is -2.28. The molecule has 0 unspecified atom stereocenters. The topological polar surface area (TPSA) is 102 Å². The molecule has 0 spiro atoms. The summed E-state index contributed by atoms with van der Waals surface area (Å²) in [7, 11) is 0. The van der Waals surface area contributed by atoms with Crippen LogP contribution >= 0.6 is 0 Å². The Labute approximate surface area is 166 Å². The Morgan fingerprint density at radius 2 is 1.97 bits per heavy atom. The molecule has 4 rings (SSSR count). The Hall–Kier alpha value is -3.68. The molecule has 0 aromatic heterocycles. The lowest BCUT2D eigenvalue weighted by atomic mass is 10.1. The van der Waals surface area contributed by atoms with E-state index in [1.165, 1.54) is 4.90 Å². The molecule has 2 aliphatic heterocycles. The van der Waals surface area contributed by atoms with Gasteiger partial charge in [-0.2, -0.15) is 0 Å². The first kappa shape index (κ1) is 18.7. The maximum absolute atomic E-state index is 12.3. The van der Waals surface area contributed by atoms with Crippen LogP contribution in [0.25, 0.3) is 0 Å². The average Bonchev–Trinajstić information content (AvgIpc) is 3.10. The molecule has 2 heterocycles. The summed E-state index contributed by atoms with van der Waals surface area (Å²) in [5, 5.41) is 2.70. The van der Waals surface area contributed by atoms with Gasteiger partial charge >= 0.3 is 5.97 Å². The number of hydrogen-bond acceptors (Lipinski definition) is 6. The number of anilines is 2. The summed E-state index contributed by atoms with van der Waals surface area (Å²) < 4.78 is 10.4. The van der Waals surface area contributed by atoms with Crippen molar-refractivity contribution in [3.8, 4) is 5.75 Å². The number of amides is 2. The molecule has 2 aliphatic rings. The van der Waals surface area contributed by atoms with Gasteiger partial charge in [-0.25, -0.2) is 0 Å². The minimum atomic E-state index is -0.576. The number of nitrogens with zero attached hydrogens (tertiary/aromatic N) is 1. The van der Waals surface area contributed by atoms with Gasteiger partial charge in [0, 0.05) is 17.8 Å². The molecule has 0 bridgehead atoms. The first-order valence-electron chi connectivity index (χ1n) is 9.15. The van der Waals surface area contributed by atoms with Crippen molar-refractivity contribution in [2.75, 3.05) is 30.0 Å². The van der Waals surface area contributed by atoms with Gasteiger partial charge < -0.3 is 19.7 Å². The van der Waals surface area contributed by atoms with Crippen LogP contribution in [0.4, 0.5) is 11.4 Å². The van der Waals surface area contributed by atoms with Crippen molar-refractivity contribution in [3.05, 3.63) is 53.6 Å². The van der Waals surface area contributed by atoms with Gasteiger partial charge in [-0.15, -0.1) is 0 Å². The van der Waals surface area contributed by atoms with Crippen LogP contribution in [0.1, 0.15) is 22.3 Å². The summed E-state index contributed by atoms with van der Waals surface area (Å²) in [6, 6.07) is 12.0. The van der Waals surface area contributed by atoms with Gasteiger partial charge in [-0.1, -0.05) is 12.1 Å². The van der Waals surface area contributed by atoms with E-state index >= 15 is 0 Å². The highest BCUT2D eigenvalue weighted by Gasteiger charge is 2.26. The molecule has 29 heavy (non-hydrogen) atoms. The zero-order chi connectivity index (χ0) is 20.4. The van der Waals surface area contributed by atoms with E-state index in [1.807, 2.05) is 0 Å². The summed E-state index contributed by atoms with van der Waals surface area (Å²) in [6.07, 6.45) is 0.182. The quantitative estimate of drug-likeness (QED) is 0.591. The van der Waals surface area contributed by atoms with Crippen LogP contribution < -0.4 is 15.0 Å². The number of carbonyl (C=O) groups is 4. The van der Waals surface area contributed by atoms with Crippen LogP contribution in [0, 0.1) is 0 Å². The van der Waals surface area contributed by atoms with Gasteiger partial charge in [0.05, 0.1) is 18.5 Å². The third kappa shape index (κ3) is 3.96. The maximum Gasteiger partial charge on any atom is 0.308 e. The Morgan fingerprint density at radius 3 is 2.83 bits per heavy atom. The van der Waals surface area contributed by atoms with E-state index in [-0.39, 0.29) is 43.6 Å². The third-order valence-electron chi connectivity index (χ3n) is 4.76. The Balaban J connectivity index is 1.31. The predicted octanol–water partition coefficient (Wildman–Crippen LogP) is 1.72. The summed E-state index contributed by atoms with van der Waals surface area (Å²) in [5.74, 6) is -0.703. The molecule has 0 radical (unpaired) electrons. The van der Waals surface area contributed by atoms with Crippen molar-refractivity contribution in [2.24, 2.45) is 0 Å². The zero-order valence-corrected chi connectivity index (χ0v) is 15.5. The summed E-state index contributed by atoms with van der Waals surface area (Å²) in [4.78, 5) is 49.3. The monoisotopic (exact) mass is 394 g/mol. The van der Waals surface area contributed by atoms with Gasteiger partial charge in [-0.3, -0.25) is 19.2 Å². The van der Waals surface area contributed by atoms with Gasteiger partial charge in [0.2, 0.25) is 5.91 Å². The number of carbonyl (C=O) groups excluding carboxylic acids is 4. The average molecular weight is 394 g/mol. The predicted molar refractivity (Wildman–Crippen MR) is 103 cm³/mol. The SMILES string of the molecule is O=C1Cc2cc(C(=O)COC(=O)CCN3C(=O)COc4ccccc43)ccc2N1. The Bertz CT molecular complexity index is 1020. The number of hydrogen-bond donors (Lipinski definition) is 1. The highest BCUT2D eigenvalue weighted by atomic mass is 16.5. The number of para-hydroxylation sites is 2. The lowest BCUT2D eigenvalue weighted by molar-refractivity contribution is -0.142. The van der Waals surface area contributed by atoms with E-state index < -0.39 is 12.6 Å². The molecular formula is C21H18N2O6. The van der Waals surface area contributed by atoms with Gasteiger partial charge in [-0.05, 0) is 35.9 Å². The number of Topliss-reactive ketones (excluding diaryl/α,β-unsaturated/α-hetero) is 1. The van der Waals surface area contributed by atoms with Crippen molar-refractivity contribution in [1.29, 1.82) is 0 Å². The molecule has 148 valence electrons. The van der Waals surface area contributed by atoms with Crippen LogP contribution in [0.5, 0.6) is 5.75 Å². The molecule has 0 aliphatic carbocycles. The fourth-order valence-corrected chi connectivity index (χ4v) is 3.31. The van der Waals surface area contributed by atoms with E-state index in [0.29, 0.717) is 22.7 Å². The molecule has 0 atom stereocenters. The van der Waals surface area contributed by atoms with Gasteiger partial charge in [0.15, 0.2) is 19.0 Å². The third-order valence-corrected chi connectivity index (χ3v) is 4.76.